The van der Waals surface area contributed by atoms with Crippen LogP contribution in [0.2, 0.25) is 0 Å². The maximum Gasteiger partial charge on any atom is 0.130 e. The smallest absolute Gasteiger partial charge is 0.130 e. The molecule has 2 aliphatic heterocycles. The molecule has 2 N–H and O–H groups in total. The first kappa shape index (κ1) is 23.5. The van der Waals surface area contributed by atoms with E-state index >= 15 is 0 Å². The van der Waals surface area contributed by atoms with Gasteiger partial charge in [0, 0.05) is 57.2 Å². The van der Waals surface area contributed by atoms with Crippen molar-refractivity contribution in [3.05, 3.63) is 47.7 Å². The molecule has 29 heavy (non-hydrogen) atoms. The van der Waals surface area contributed by atoms with Crippen molar-refractivity contribution in [1.82, 2.24) is 15.1 Å². The molecule has 2 heterocycles. The minimum Gasteiger partial charge on any atom is -0.493 e. The summed E-state index contributed by atoms with van der Waals surface area (Å²) in [5, 5.41) is 23.2. The molecule has 1 fully saturated rings. The first-order valence-corrected chi connectivity index (χ1v) is 11.0. The van der Waals surface area contributed by atoms with E-state index in [0.29, 0.717) is 18.2 Å². The van der Waals surface area contributed by atoms with Gasteiger partial charge in [0.1, 0.15) is 18.0 Å². The lowest BCUT2D eigenvalue weighted by molar-refractivity contribution is 0.0382. The van der Waals surface area contributed by atoms with Gasteiger partial charge in [0.2, 0.25) is 0 Å². The fourth-order valence-electron chi connectivity index (χ4n) is 3.47. The van der Waals surface area contributed by atoms with Gasteiger partial charge in [-0.15, -0.1) is 0 Å². The molecule has 0 aromatic carbocycles. The number of nitrogens with zero attached hydrogens (tertiary/aromatic N) is 3. The molecule has 0 aromatic rings. The van der Waals surface area contributed by atoms with Gasteiger partial charge in [-0.25, -0.2) is 0 Å². The number of nitrogens with one attached hydrogen (secondary N) is 1. The Morgan fingerprint density at radius 3 is 2.62 bits per heavy atom. The number of piperidine rings is 1. The van der Waals surface area contributed by atoms with E-state index in [4.69, 9.17) is 4.74 Å². The van der Waals surface area contributed by atoms with Crippen molar-refractivity contribution in [3.8, 4) is 6.07 Å². The fourth-order valence-corrected chi connectivity index (χ4v) is 4.12. The van der Waals surface area contributed by atoms with Crippen LogP contribution < -0.4 is 5.32 Å². The van der Waals surface area contributed by atoms with Gasteiger partial charge in [-0.05, 0) is 38.8 Å². The van der Waals surface area contributed by atoms with Crippen molar-refractivity contribution < 1.29 is 9.84 Å². The van der Waals surface area contributed by atoms with E-state index in [0.717, 1.165) is 37.4 Å². The Balaban J connectivity index is 2.18. The van der Waals surface area contributed by atoms with Crippen molar-refractivity contribution in [3.63, 3.8) is 0 Å². The quantitative estimate of drug-likeness (QED) is 0.464. The Morgan fingerprint density at radius 2 is 2.07 bits per heavy atom. The third-order valence-corrected chi connectivity index (χ3v) is 5.88. The van der Waals surface area contributed by atoms with Gasteiger partial charge in [0.25, 0.3) is 0 Å². The summed E-state index contributed by atoms with van der Waals surface area (Å²) in [7, 11) is 3.63. The van der Waals surface area contributed by atoms with Gasteiger partial charge in [-0.3, -0.25) is 0 Å². The molecule has 2 atom stereocenters. The maximum absolute atomic E-state index is 10.7. The monoisotopic (exact) mass is 464 g/mol. The number of allylic oxidation sites excluding steroid dienone is 4. The number of hydrogen-bond acceptors (Lipinski definition) is 6. The van der Waals surface area contributed by atoms with Crippen LogP contribution in [0.25, 0.3) is 0 Å². The molecule has 2 aliphatic rings. The number of alkyl halides is 1. The van der Waals surface area contributed by atoms with Crippen LogP contribution in [-0.4, -0.2) is 65.2 Å². The summed E-state index contributed by atoms with van der Waals surface area (Å²) in [5.41, 5.74) is 1.53. The number of likely N-dealkylation sites (tertiary alicyclic amines) is 1. The second kappa shape index (κ2) is 10.9. The number of halogens is 1. The van der Waals surface area contributed by atoms with Crippen molar-refractivity contribution in [1.29, 1.82) is 5.26 Å². The molecular formula is C22H33BrN4O2. The lowest BCUT2D eigenvalue weighted by Gasteiger charge is -2.35. The van der Waals surface area contributed by atoms with Crippen LogP contribution in [0.5, 0.6) is 0 Å². The molecule has 0 saturated carbocycles. The maximum atomic E-state index is 10.7. The highest BCUT2D eigenvalue weighted by atomic mass is 79.9. The zero-order valence-electron chi connectivity index (χ0n) is 17.9. The number of hydrogen-bond donors (Lipinski definition) is 2. The topological polar surface area (TPSA) is 71.8 Å². The minimum absolute atomic E-state index is 0.00771. The van der Waals surface area contributed by atoms with E-state index in [1.807, 2.05) is 20.2 Å². The largest absolute Gasteiger partial charge is 0.493 e. The molecule has 2 unspecified atom stereocenters. The molecule has 1 saturated heterocycles. The van der Waals surface area contributed by atoms with Crippen LogP contribution in [0, 0.1) is 11.3 Å². The Kier molecular flexibility index (Phi) is 8.81. The van der Waals surface area contributed by atoms with E-state index in [-0.39, 0.29) is 16.5 Å². The fraction of sp³-hybridized carbons (Fsp3) is 0.591. The van der Waals surface area contributed by atoms with E-state index in [9.17, 15) is 10.4 Å². The van der Waals surface area contributed by atoms with Gasteiger partial charge >= 0.3 is 0 Å². The van der Waals surface area contributed by atoms with E-state index < -0.39 is 6.10 Å². The zero-order valence-corrected chi connectivity index (χ0v) is 19.4. The summed E-state index contributed by atoms with van der Waals surface area (Å²) in [6.45, 7) is 10.6. The van der Waals surface area contributed by atoms with Crippen molar-refractivity contribution >= 4 is 15.9 Å². The van der Waals surface area contributed by atoms with Crippen LogP contribution >= 0.6 is 15.9 Å². The average molecular weight is 465 g/mol. The molecule has 0 aromatic heterocycles. The Morgan fingerprint density at radius 1 is 1.41 bits per heavy atom. The summed E-state index contributed by atoms with van der Waals surface area (Å²) in [6, 6.07) is 2.63. The second-order valence-corrected chi connectivity index (χ2v) is 9.21. The van der Waals surface area contributed by atoms with Crippen LogP contribution in [0.15, 0.2) is 47.7 Å². The molecule has 7 heteroatoms. The summed E-state index contributed by atoms with van der Waals surface area (Å²) in [5.74, 6) is 0.829. The first-order valence-electron chi connectivity index (χ1n) is 10.1. The number of aliphatic hydroxyl groups excluding tert-OH is 1. The first-order chi connectivity index (χ1) is 13.7. The molecule has 0 amide bonds. The lowest BCUT2D eigenvalue weighted by Crippen LogP contribution is -2.41. The average Bonchev–Trinajstić information content (AvgIpc) is 2.66. The standard InChI is InChI=1S/C22H33BrN4O2/c1-15(2)27-10-8-18(9-11-27)29-21-7-6-20(25-16(3)12-19(21)23)22(28)17(13-24)14-26(4)5/h6-7,14-15,18-19,22,25,28H,3,8-12H2,1-2,4-5H3/b17-14+,20-6-,21-7+. The van der Waals surface area contributed by atoms with Crippen molar-refractivity contribution in [2.45, 2.75) is 56.2 Å². The number of aliphatic hydroxyl groups is 1. The van der Waals surface area contributed by atoms with E-state index in [1.165, 1.54) is 0 Å². The molecular weight excluding hydrogens is 432 g/mol. The van der Waals surface area contributed by atoms with Gasteiger partial charge < -0.3 is 25.0 Å². The Labute approximate surface area is 183 Å². The summed E-state index contributed by atoms with van der Waals surface area (Å²) in [6.07, 6.45) is 7.03. The SMILES string of the molecule is C=C1CC(Br)/C(OC2CCN(C(C)C)CC2)=C\C=C(\C(O)/C(C#N)=C/N(C)C)N1. The van der Waals surface area contributed by atoms with Gasteiger partial charge in [-0.2, -0.15) is 5.26 Å². The molecule has 0 spiro atoms. The van der Waals surface area contributed by atoms with E-state index in [1.54, 1.807) is 17.2 Å². The van der Waals surface area contributed by atoms with Crippen molar-refractivity contribution in [2.75, 3.05) is 27.2 Å². The molecule has 2 rings (SSSR count). The predicted octanol–water partition coefficient (Wildman–Crippen LogP) is 3.24. The minimum atomic E-state index is -1.06. The molecule has 0 radical (unpaired) electrons. The van der Waals surface area contributed by atoms with Crippen LogP contribution in [0.1, 0.15) is 33.1 Å². The molecule has 160 valence electrons. The lowest BCUT2D eigenvalue weighted by atomic mass is 10.0. The van der Waals surface area contributed by atoms with E-state index in [2.05, 4.69) is 52.6 Å². The normalized spacial score (nSPS) is 26.9. The van der Waals surface area contributed by atoms with Crippen LogP contribution in [-0.2, 0) is 4.74 Å². The number of rotatable bonds is 6. The van der Waals surface area contributed by atoms with Crippen LogP contribution in [0.3, 0.4) is 0 Å². The highest BCUT2D eigenvalue weighted by molar-refractivity contribution is 9.09. The highest BCUT2D eigenvalue weighted by Gasteiger charge is 2.26. The second-order valence-electron chi connectivity index (χ2n) is 8.10. The predicted molar refractivity (Wildman–Crippen MR) is 120 cm³/mol. The summed E-state index contributed by atoms with van der Waals surface area (Å²) < 4.78 is 6.34. The van der Waals surface area contributed by atoms with Gasteiger partial charge in [0.15, 0.2) is 0 Å². The van der Waals surface area contributed by atoms with Crippen LogP contribution in [0.4, 0.5) is 0 Å². The Bertz CT molecular complexity index is 713. The third-order valence-electron chi connectivity index (χ3n) is 5.11. The van der Waals surface area contributed by atoms with Gasteiger partial charge in [0.05, 0.1) is 16.5 Å². The molecule has 0 bridgehead atoms. The number of ether oxygens (including phenoxy) is 1. The number of nitriles is 1. The zero-order chi connectivity index (χ0) is 21.6. The van der Waals surface area contributed by atoms with Crippen molar-refractivity contribution in [2.24, 2.45) is 0 Å². The highest BCUT2D eigenvalue weighted by Crippen LogP contribution is 2.28. The van der Waals surface area contributed by atoms with Gasteiger partial charge in [-0.1, -0.05) is 22.5 Å². The third kappa shape index (κ3) is 6.91. The Hall–Kier alpha value is -1.75. The summed E-state index contributed by atoms with van der Waals surface area (Å²) in [4.78, 5) is 4.22. The summed E-state index contributed by atoms with van der Waals surface area (Å²) >= 11 is 3.71. The molecule has 0 aliphatic carbocycles. The molecule has 6 nitrogen and oxygen atoms in total.